The monoisotopic (exact) mass is 342 g/mol. The fourth-order valence-electron chi connectivity index (χ4n) is 2.32. The molecule has 5 nitrogen and oxygen atoms in total. The summed E-state index contributed by atoms with van der Waals surface area (Å²) in [5, 5.41) is 9.05. The van der Waals surface area contributed by atoms with Crippen LogP contribution in [0.15, 0.2) is 53.7 Å². The fraction of sp³-hybridized carbons (Fsp3) is 0.0588. The summed E-state index contributed by atoms with van der Waals surface area (Å²) in [4.78, 5) is 22.4. The summed E-state index contributed by atoms with van der Waals surface area (Å²) in [5.41, 5.74) is -0.0640. The molecule has 124 valence electrons. The van der Waals surface area contributed by atoms with Crippen LogP contribution in [0.4, 0.5) is 13.2 Å². The third-order valence-corrected chi connectivity index (χ3v) is 3.52. The Morgan fingerprint density at radius 3 is 2.40 bits per heavy atom. The Morgan fingerprint density at radius 2 is 1.84 bits per heavy atom. The molecule has 0 atom stereocenters. The van der Waals surface area contributed by atoms with E-state index in [1.807, 2.05) is 0 Å². The van der Waals surface area contributed by atoms with Gasteiger partial charge in [0.05, 0.1) is 17.0 Å². The number of benzene rings is 1. The average molecular weight is 342 g/mol. The van der Waals surface area contributed by atoms with Gasteiger partial charge in [0.2, 0.25) is 0 Å². The number of hydrogen-bond donors (Lipinski definition) is 1. The van der Waals surface area contributed by atoms with E-state index in [2.05, 4.69) is 15.0 Å². The molecular weight excluding hydrogens is 333 g/mol. The molecule has 2 heterocycles. The molecule has 0 radical (unpaired) electrons. The molecule has 0 aliphatic rings. The van der Waals surface area contributed by atoms with Crippen molar-refractivity contribution in [3.63, 3.8) is 0 Å². The van der Waals surface area contributed by atoms with Crippen LogP contribution >= 0.6 is 0 Å². The lowest BCUT2D eigenvalue weighted by Gasteiger charge is -2.11. The lowest BCUT2D eigenvalue weighted by atomic mass is 10.0. The second-order valence-corrected chi connectivity index (χ2v) is 5.08. The molecule has 0 bridgehead atoms. The normalized spacial score (nSPS) is 11.1. The molecule has 0 aliphatic heterocycles. The first-order valence-electron chi connectivity index (χ1n) is 7.01. The van der Waals surface area contributed by atoms with Crippen LogP contribution in [-0.2, 0) is 6.18 Å². The van der Waals surface area contributed by atoms with Crippen LogP contribution in [-0.4, -0.2) is 15.0 Å². The molecule has 0 saturated heterocycles. The number of aromatic nitrogens is 3. The summed E-state index contributed by atoms with van der Waals surface area (Å²) in [7, 11) is 0. The van der Waals surface area contributed by atoms with Crippen molar-refractivity contribution in [1.82, 2.24) is 15.0 Å². The van der Waals surface area contributed by atoms with Gasteiger partial charge in [-0.05, 0) is 29.8 Å². The maximum Gasteiger partial charge on any atom is 0.416 e. The van der Waals surface area contributed by atoms with Gasteiger partial charge in [-0.3, -0.25) is 4.79 Å². The fourth-order valence-corrected chi connectivity index (χ4v) is 2.32. The van der Waals surface area contributed by atoms with E-state index in [1.54, 1.807) is 12.1 Å². The van der Waals surface area contributed by atoms with Gasteiger partial charge in [-0.1, -0.05) is 12.1 Å². The zero-order valence-corrected chi connectivity index (χ0v) is 12.5. The molecule has 0 aliphatic carbocycles. The van der Waals surface area contributed by atoms with Crippen molar-refractivity contribution in [2.45, 2.75) is 6.18 Å². The molecule has 1 N–H and O–H groups in total. The van der Waals surface area contributed by atoms with Crippen molar-refractivity contribution in [2.75, 3.05) is 0 Å². The second-order valence-electron chi connectivity index (χ2n) is 5.08. The van der Waals surface area contributed by atoms with Crippen LogP contribution < -0.4 is 5.56 Å². The third kappa shape index (κ3) is 3.26. The zero-order chi connectivity index (χ0) is 18.0. The van der Waals surface area contributed by atoms with Crippen molar-refractivity contribution in [2.24, 2.45) is 0 Å². The Kier molecular flexibility index (Phi) is 4.07. The van der Waals surface area contributed by atoms with Crippen LogP contribution in [0.2, 0.25) is 0 Å². The van der Waals surface area contributed by atoms with Crippen LogP contribution in [0.5, 0.6) is 0 Å². The minimum atomic E-state index is -4.45. The zero-order valence-electron chi connectivity index (χ0n) is 12.5. The minimum absolute atomic E-state index is 0.121. The molecule has 0 spiro atoms. The van der Waals surface area contributed by atoms with E-state index >= 15 is 0 Å². The Labute approximate surface area is 139 Å². The maximum atomic E-state index is 12.7. The van der Waals surface area contributed by atoms with E-state index in [0.29, 0.717) is 16.8 Å². The summed E-state index contributed by atoms with van der Waals surface area (Å²) < 4.78 is 38.2. The third-order valence-electron chi connectivity index (χ3n) is 3.52. The number of alkyl halides is 3. The molecule has 2 aromatic heterocycles. The van der Waals surface area contributed by atoms with Gasteiger partial charge in [-0.2, -0.15) is 18.4 Å². The number of nitrogens with one attached hydrogen (secondary N) is 1. The summed E-state index contributed by atoms with van der Waals surface area (Å²) in [6.07, 6.45) is -1.68. The summed E-state index contributed by atoms with van der Waals surface area (Å²) in [6.45, 7) is 0. The van der Waals surface area contributed by atoms with E-state index in [4.69, 9.17) is 5.26 Å². The first-order chi connectivity index (χ1) is 11.9. The standard InChI is InChI=1S/C17H9F3N4O/c18-17(19,20)12-3-1-10(2-4-12)15-13(14-5-6-22-9-23-14)7-11(8-21)16(25)24-15/h1-7,9H,(H,24,25). The summed E-state index contributed by atoms with van der Waals surface area (Å²) in [6, 6.07) is 9.07. The summed E-state index contributed by atoms with van der Waals surface area (Å²) >= 11 is 0. The van der Waals surface area contributed by atoms with Crippen LogP contribution in [0.3, 0.4) is 0 Å². The second kappa shape index (κ2) is 6.20. The van der Waals surface area contributed by atoms with Gasteiger partial charge in [0.1, 0.15) is 18.0 Å². The van der Waals surface area contributed by atoms with E-state index in [9.17, 15) is 18.0 Å². The van der Waals surface area contributed by atoms with Gasteiger partial charge in [0, 0.05) is 11.8 Å². The molecule has 0 saturated carbocycles. The van der Waals surface area contributed by atoms with Crippen molar-refractivity contribution < 1.29 is 13.2 Å². The highest BCUT2D eigenvalue weighted by atomic mass is 19.4. The van der Waals surface area contributed by atoms with Crippen LogP contribution in [0.1, 0.15) is 11.1 Å². The van der Waals surface area contributed by atoms with Gasteiger partial charge < -0.3 is 4.98 Å². The SMILES string of the molecule is N#Cc1cc(-c2ccncn2)c(-c2ccc(C(F)(F)F)cc2)[nH]c1=O. The first-order valence-corrected chi connectivity index (χ1v) is 7.01. The Balaban J connectivity index is 2.20. The molecule has 0 fully saturated rings. The van der Waals surface area contributed by atoms with E-state index in [1.165, 1.54) is 30.7 Å². The van der Waals surface area contributed by atoms with Crippen molar-refractivity contribution in [1.29, 1.82) is 5.26 Å². The number of rotatable bonds is 2. The number of H-pyrrole nitrogens is 1. The Bertz CT molecular complexity index is 1000. The molecule has 25 heavy (non-hydrogen) atoms. The van der Waals surface area contributed by atoms with Crippen molar-refractivity contribution in [3.05, 3.63) is 70.4 Å². The molecule has 1 aromatic carbocycles. The van der Waals surface area contributed by atoms with Crippen molar-refractivity contribution in [3.8, 4) is 28.6 Å². The number of halogens is 3. The molecule has 3 aromatic rings. The highest BCUT2D eigenvalue weighted by Crippen LogP contribution is 2.33. The lowest BCUT2D eigenvalue weighted by Crippen LogP contribution is -2.12. The van der Waals surface area contributed by atoms with Crippen molar-refractivity contribution >= 4 is 0 Å². The number of aromatic amines is 1. The number of nitriles is 1. The Hall–Kier alpha value is -3.47. The molecular formula is C17H9F3N4O. The number of nitrogens with zero attached hydrogens (tertiary/aromatic N) is 3. The smallest absolute Gasteiger partial charge is 0.320 e. The topological polar surface area (TPSA) is 82.4 Å². The quantitative estimate of drug-likeness (QED) is 0.774. The number of hydrogen-bond acceptors (Lipinski definition) is 4. The predicted molar refractivity (Wildman–Crippen MR) is 83.2 cm³/mol. The average Bonchev–Trinajstić information content (AvgIpc) is 2.61. The first kappa shape index (κ1) is 16.4. The molecule has 0 amide bonds. The van der Waals surface area contributed by atoms with Gasteiger partial charge in [0.25, 0.3) is 5.56 Å². The lowest BCUT2D eigenvalue weighted by molar-refractivity contribution is -0.137. The molecule has 0 unspecified atom stereocenters. The summed E-state index contributed by atoms with van der Waals surface area (Å²) in [5.74, 6) is 0. The highest BCUT2D eigenvalue weighted by Gasteiger charge is 2.30. The molecule has 8 heteroatoms. The largest absolute Gasteiger partial charge is 0.416 e. The number of pyridine rings is 1. The van der Waals surface area contributed by atoms with Gasteiger partial charge in [-0.25, -0.2) is 9.97 Å². The minimum Gasteiger partial charge on any atom is -0.320 e. The van der Waals surface area contributed by atoms with Gasteiger partial charge in [-0.15, -0.1) is 0 Å². The maximum absolute atomic E-state index is 12.7. The van der Waals surface area contributed by atoms with E-state index in [-0.39, 0.29) is 11.3 Å². The highest BCUT2D eigenvalue weighted by molar-refractivity contribution is 5.79. The van der Waals surface area contributed by atoms with Crippen LogP contribution in [0.25, 0.3) is 22.5 Å². The van der Waals surface area contributed by atoms with Gasteiger partial charge in [0.15, 0.2) is 0 Å². The van der Waals surface area contributed by atoms with Crippen LogP contribution in [0, 0.1) is 11.3 Å². The van der Waals surface area contributed by atoms with E-state index in [0.717, 1.165) is 12.1 Å². The predicted octanol–water partition coefficient (Wildman–Crippen LogP) is 3.39. The van der Waals surface area contributed by atoms with E-state index < -0.39 is 17.3 Å². The molecule has 3 rings (SSSR count). The van der Waals surface area contributed by atoms with Gasteiger partial charge >= 0.3 is 6.18 Å². The Morgan fingerprint density at radius 1 is 1.12 bits per heavy atom.